The van der Waals surface area contributed by atoms with Crippen molar-refractivity contribution in [2.75, 3.05) is 7.05 Å². The molecule has 0 N–H and O–H groups in total. The van der Waals surface area contributed by atoms with Crippen LogP contribution in [0.5, 0.6) is 0 Å². The molecule has 0 aromatic heterocycles. The molecule has 0 aliphatic heterocycles. The molecule has 0 atom stereocenters. The highest BCUT2D eigenvalue weighted by atomic mass is 79.9. The summed E-state index contributed by atoms with van der Waals surface area (Å²) in [5.41, 5.74) is 1.26. The van der Waals surface area contributed by atoms with E-state index in [9.17, 15) is 13.2 Å². The predicted molar refractivity (Wildman–Crippen MR) is 89.2 cm³/mol. The van der Waals surface area contributed by atoms with Gasteiger partial charge in [0.15, 0.2) is 5.78 Å². The van der Waals surface area contributed by atoms with Crippen LogP contribution in [0.15, 0.2) is 57.9 Å². The number of nitrogens with zero attached hydrogens (tertiary/aromatic N) is 1. The van der Waals surface area contributed by atoms with Gasteiger partial charge in [-0.1, -0.05) is 46.3 Å². The first-order valence-corrected chi connectivity index (χ1v) is 8.86. The van der Waals surface area contributed by atoms with E-state index in [1.165, 1.54) is 30.4 Å². The quantitative estimate of drug-likeness (QED) is 0.745. The topological polar surface area (TPSA) is 54.5 Å². The number of halogens is 1. The van der Waals surface area contributed by atoms with E-state index in [-0.39, 0.29) is 17.2 Å². The maximum Gasteiger partial charge on any atom is 0.243 e. The molecule has 0 aliphatic carbocycles. The highest BCUT2D eigenvalue weighted by molar-refractivity contribution is 9.10. The second-order valence-electron chi connectivity index (χ2n) is 4.94. The van der Waals surface area contributed by atoms with Crippen LogP contribution in [0, 0.1) is 0 Å². The Morgan fingerprint density at radius 1 is 1.14 bits per heavy atom. The average molecular weight is 382 g/mol. The Kier molecular flexibility index (Phi) is 5.16. The second-order valence-corrected chi connectivity index (χ2v) is 7.84. The van der Waals surface area contributed by atoms with Crippen LogP contribution in [0.4, 0.5) is 0 Å². The van der Waals surface area contributed by atoms with E-state index in [4.69, 9.17) is 0 Å². The number of carbonyl (C=O) groups is 1. The van der Waals surface area contributed by atoms with Crippen molar-refractivity contribution in [1.82, 2.24) is 4.31 Å². The van der Waals surface area contributed by atoms with E-state index in [2.05, 4.69) is 15.9 Å². The molecule has 0 saturated heterocycles. The Balaban J connectivity index is 2.32. The van der Waals surface area contributed by atoms with Crippen LogP contribution in [-0.2, 0) is 16.6 Å². The van der Waals surface area contributed by atoms with Crippen LogP contribution >= 0.6 is 15.9 Å². The summed E-state index contributed by atoms with van der Waals surface area (Å²) in [5, 5.41) is 0. The number of ketones is 1. The van der Waals surface area contributed by atoms with Gasteiger partial charge in [0.25, 0.3) is 0 Å². The van der Waals surface area contributed by atoms with Gasteiger partial charge in [-0.15, -0.1) is 0 Å². The van der Waals surface area contributed by atoms with Crippen molar-refractivity contribution in [3.05, 3.63) is 64.1 Å². The number of hydrogen-bond donors (Lipinski definition) is 0. The van der Waals surface area contributed by atoms with Crippen LogP contribution in [0.2, 0.25) is 0 Å². The zero-order valence-electron chi connectivity index (χ0n) is 12.3. The number of carbonyl (C=O) groups excluding carboxylic acids is 1. The van der Waals surface area contributed by atoms with Gasteiger partial charge in [0.1, 0.15) is 0 Å². The summed E-state index contributed by atoms with van der Waals surface area (Å²) in [6.07, 6.45) is 0. The van der Waals surface area contributed by atoms with Gasteiger partial charge in [0, 0.05) is 23.6 Å². The van der Waals surface area contributed by atoms with Crippen molar-refractivity contribution in [2.45, 2.75) is 18.4 Å². The van der Waals surface area contributed by atoms with Gasteiger partial charge < -0.3 is 0 Å². The summed E-state index contributed by atoms with van der Waals surface area (Å²) >= 11 is 3.41. The first-order valence-electron chi connectivity index (χ1n) is 6.63. The van der Waals surface area contributed by atoms with Gasteiger partial charge in [0.05, 0.1) is 4.90 Å². The normalized spacial score (nSPS) is 11.6. The van der Waals surface area contributed by atoms with E-state index < -0.39 is 10.0 Å². The maximum absolute atomic E-state index is 12.6. The smallest absolute Gasteiger partial charge is 0.243 e. The number of rotatable bonds is 5. The van der Waals surface area contributed by atoms with Crippen LogP contribution in [0.1, 0.15) is 22.8 Å². The Morgan fingerprint density at radius 2 is 1.82 bits per heavy atom. The Hall–Kier alpha value is -1.50. The van der Waals surface area contributed by atoms with E-state index in [1.807, 2.05) is 24.3 Å². The Bertz CT molecular complexity index is 803. The third kappa shape index (κ3) is 3.63. The number of hydrogen-bond acceptors (Lipinski definition) is 3. The molecule has 0 aliphatic rings. The minimum absolute atomic E-state index is 0.120. The highest BCUT2D eigenvalue weighted by Crippen LogP contribution is 2.22. The number of Topliss-reactive ketones (excluding diaryl/α,β-unsaturated/α-hetero) is 1. The predicted octanol–water partition coefficient (Wildman–Crippen LogP) is 3.47. The minimum atomic E-state index is -3.65. The molecule has 0 fully saturated rings. The maximum atomic E-state index is 12.6. The van der Waals surface area contributed by atoms with Crippen molar-refractivity contribution < 1.29 is 13.2 Å². The third-order valence-electron chi connectivity index (χ3n) is 3.30. The monoisotopic (exact) mass is 381 g/mol. The fraction of sp³-hybridized carbons (Fsp3) is 0.188. The van der Waals surface area contributed by atoms with E-state index >= 15 is 0 Å². The standard InChI is InChI=1S/C16H16BrNO3S/c1-12(19)13-7-5-8-15(10-13)22(20,21)18(2)11-14-6-3-4-9-16(14)17/h3-10H,11H2,1-2H3. The lowest BCUT2D eigenvalue weighted by Crippen LogP contribution is -2.26. The molecule has 0 bridgehead atoms. The molecule has 6 heteroatoms. The van der Waals surface area contributed by atoms with Crippen LogP contribution in [0.25, 0.3) is 0 Å². The number of benzene rings is 2. The lowest BCUT2D eigenvalue weighted by atomic mass is 10.2. The SMILES string of the molecule is CC(=O)c1cccc(S(=O)(=O)N(C)Cc2ccccc2Br)c1. The fourth-order valence-corrected chi connectivity index (χ4v) is 3.61. The molecule has 0 unspecified atom stereocenters. The summed E-state index contributed by atoms with van der Waals surface area (Å²) in [4.78, 5) is 11.5. The van der Waals surface area contributed by atoms with Gasteiger partial charge in [-0.25, -0.2) is 8.42 Å². The van der Waals surface area contributed by atoms with Crippen molar-refractivity contribution in [2.24, 2.45) is 0 Å². The minimum Gasteiger partial charge on any atom is -0.295 e. The fourth-order valence-electron chi connectivity index (χ4n) is 2.01. The first kappa shape index (κ1) is 16.9. The van der Waals surface area contributed by atoms with Crippen LogP contribution < -0.4 is 0 Å². The van der Waals surface area contributed by atoms with Crippen molar-refractivity contribution in [3.63, 3.8) is 0 Å². The molecule has 2 aromatic rings. The van der Waals surface area contributed by atoms with Crippen LogP contribution in [-0.4, -0.2) is 25.6 Å². The van der Waals surface area contributed by atoms with Gasteiger partial charge in [-0.3, -0.25) is 4.79 Å². The Morgan fingerprint density at radius 3 is 2.45 bits per heavy atom. The molecule has 0 amide bonds. The molecule has 4 nitrogen and oxygen atoms in total. The molecule has 2 rings (SSSR count). The molecule has 0 spiro atoms. The van der Waals surface area contributed by atoms with Crippen molar-refractivity contribution in [1.29, 1.82) is 0 Å². The van der Waals surface area contributed by atoms with Crippen molar-refractivity contribution in [3.8, 4) is 0 Å². The summed E-state index contributed by atoms with van der Waals surface area (Å²) in [6.45, 7) is 1.66. The molecular weight excluding hydrogens is 366 g/mol. The summed E-state index contributed by atoms with van der Waals surface area (Å²) < 4.78 is 27.4. The van der Waals surface area contributed by atoms with Crippen molar-refractivity contribution >= 4 is 31.7 Å². The molecule has 0 heterocycles. The highest BCUT2D eigenvalue weighted by Gasteiger charge is 2.22. The lowest BCUT2D eigenvalue weighted by molar-refractivity contribution is 0.101. The molecule has 0 radical (unpaired) electrons. The molecule has 22 heavy (non-hydrogen) atoms. The van der Waals surface area contributed by atoms with E-state index in [1.54, 1.807) is 12.1 Å². The third-order valence-corrected chi connectivity index (χ3v) is 5.87. The molecule has 116 valence electrons. The zero-order chi connectivity index (χ0) is 16.3. The molecular formula is C16H16BrNO3S. The lowest BCUT2D eigenvalue weighted by Gasteiger charge is -2.18. The molecule has 2 aromatic carbocycles. The number of sulfonamides is 1. The van der Waals surface area contributed by atoms with Crippen LogP contribution in [0.3, 0.4) is 0 Å². The zero-order valence-corrected chi connectivity index (χ0v) is 14.7. The average Bonchev–Trinajstić information content (AvgIpc) is 2.49. The summed E-state index contributed by atoms with van der Waals surface area (Å²) in [7, 11) is -2.13. The van der Waals surface area contributed by atoms with Gasteiger partial charge in [0.2, 0.25) is 10.0 Å². The Labute approximate surface area is 138 Å². The first-order chi connectivity index (χ1) is 10.3. The summed E-state index contributed by atoms with van der Waals surface area (Å²) in [6, 6.07) is 13.6. The van der Waals surface area contributed by atoms with E-state index in [0.717, 1.165) is 10.0 Å². The molecule has 0 saturated carbocycles. The van der Waals surface area contributed by atoms with Gasteiger partial charge >= 0.3 is 0 Å². The largest absolute Gasteiger partial charge is 0.295 e. The second kappa shape index (κ2) is 6.73. The van der Waals surface area contributed by atoms with E-state index in [0.29, 0.717) is 5.56 Å². The van der Waals surface area contributed by atoms with Gasteiger partial charge in [-0.2, -0.15) is 4.31 Å². The van der Waals surface area contributed by atoms with Gasteiger partial charge in [-0.05, 0) is 30.7 Å². The summed E-state index contributed by atoms with van der Waals surface area (Å²) in [5.74, 6) is -0.162.